The Kier molecular flexibility index (Phi) is 5.23. The maximum Gasteiger partial charge on any atom is 0.254 e. The average Bonchev–Trinajstić information content (AvgIpc) is 2.66. The SMILES string of the molecule is Nc1nc(N2CCC(NC(=O)C3(Cc4ccccc4F)CNC3)CC2)cc(=O)[nH]1. The number of aromatic amines is 1. The zero-order chi connectivity index (χ0) is 20.4. The Morgan fingerprint density at radius 3 is 2.66 bits per heavy atom. The summed E-state index contributed by atoms with van der Waals surface area (Å²) in [6, 6.07) is 8.08. The summed E-state index contributed by atoms with van der Waals surface area (Å²) in [4.78, 5) is 33.2. The van der Waals surface area contributed by atoms with Gasteiger partial charge in [0.1, 0.15) is 11.6 Å². The third-order valence-electron chi connectivity index (χ3n) is 5.80. The maximum atomic E-state index is 14.1. The Morgan fingerprint density at radius 1 is 1.31 bits per heavy atom. The molecule has 2 fully saturated rings. The predicted molar refractivity (Wildman–Crippen MR) is 108 cm³/mol. The summed E-state index contributed by atoms with van der Waals surface area (Å²) >= 11 is 0. The number of nitrogens with two attached hydrogens (primary N) is 1. The minimum Gasteiger partial charge on any atom is -0.369 e. The van der Waals surface area contributed by atoms with E-state index in [1.54, 1.807) is 18.2 Å². The number of halogens is 1. The van der Waals surface area contributed by atoms with E-state index in [4.69, 9.17) is 5.73 Å². The van der Waals surface area contributed by atoms with Crippen LogP contribution in [0, 0.1) is 11.2 Å². The van der Waals surface area contributed by atoms with Crippen LogP contribution in [-0.4, -0.2) is 48.1 Å². The first-order valence-corrected chi connectivity index (χ1v) is 9.82. The maximum absolute atomic E-state index is 14.1. The molecule has 3 heterocycles. The van der Waals surface area contributed by atoms with Gasteiger partial charge in [0, 0.05) is 38.3 Å². The van der Waals surface area contributed by atoms with Gasteiger partial charge in [0.25, 0.3) is 5.56 Å². The minimum absolute atomic E-state index is 0.0310. The average molecular weight is 400 g/mol. The molecule has 29 heavy (non-hydrogen) atoms. The lowest BCUT2D eigenvalue weighted by atomic mass is 9.75. The van der Waals surface area contributed by atoms with Crippen LogP contribution in [0.5, 0.6) is 0 Å². The Morgan fingerprint density at radius 2 is 2.03 bits per heavy atom. The number of benzene rings is 1. The van der Waals surface area contributed by atoms with Crippen molar-refractivity contribution in [2.45, 2.75) is 25.3 Å². The second-order valence-electron chi connectivity index (χ2n) is 7.88. The van der Waals surface area contributed by atoms with Crippen LogP contribution in [-0.2, 0) is 11.2 Å². The number of nitrogen functional groups attached to an aromatic ring is 1. The van der Waals surface area contributed by atoms with Crippen molar-refractivity contribution >= 4 is 17.7 Å². The quantitative estimate of drug-likeness (QED) is 0.578. The molecule has 1 amide bonds. The lowest BCUT2D eigenvalue weighted by Gasteiger charge is -2.43. The van der Waals surface area contributed by atoms with Gasteiger partial charge in [-0.3, -0.25) is 14.6 Å². The monoisotopic (exact) mass is 400 g/mol. The summed E-state index contributed by atoms with van der Waals surface area (Å²) in [6.07, 6.45) is 1.86. The van der Waals surface area contributed by atoms with Crippen LogP contribution in [0.2, 0.25) is 0 Å². The highest BCUT2D eigenvalue weighted by Gasteiger charge is 2.45. The Hall–Kier alpha value is -2.94. The summed E-state index contributed by atoms with van der Waals surface area (Å²) in [6.45, 7) is 2.42. The second-order valence-corrected chi connectivity index (χ2v) is 7.88. The molecular formula is C20H25FN6O2. The van der Waals surface area contributed by atoms with E-state index in [0.29, 0.717) is 44.0 Å². The third kappa shape index (κ3) is 4.09. The van der Waals surface area contributed by atoms with Gasteiger partial charge in [0.2, 0.25) is 11.9 Å². The number of piperidine rings is 1. The molecule has 0 atom stereocenters. The number of H-pyrrole nitrogens is 1. The zero-order valence-electron chi connectivity index (χ0n) is 16.1. The number of carbonyl (C=O) groups excluding carboxylic acids is 1. The van der Waals surface area contributed by atoms with Crippen molar-refractivity contribution < 1.29 is 9.18 Å². The molecule has 0 radical (unpaired) electrons. The topological polar surface area (TPSA) is 116 Å². The first kappa shape index (κ1) is 19.4. The van der Waals surface area contributed by atoms with E-state index in [-0.39, 0.29) is 29.3 Å². The lowest BCUT2D eigenvalue weighted by molar-refractivity contribution is -0.134. The highest BCUT2D eigenvalue weighted by atomic mass is 19.1. The number of rotatable bonds is 5. The largest absolute Gasteiger partial charge is 0.369 e. The fourth-order valence-electron chi connectivity index (χ4n) is 4.02. The molecule has 5 N–H and O–H groups in total. The van der Waals surface area contributed by atoms with E-state index in [1.807, 2.05) is 4.90 Å². The zero-order valence-corrected chi connectivity index (χ0v) is 16.1. The number of hydrogen-bond acceptors (Lipinski definition) is 6. The molecule has 0 saturated carbocycles. The van der Waals surface area contributed by atoms with Crippen LogP contribution in [0.3, 0.4) is 0 Å². The van der Waals surface area contributed by atoms with Crippen molar-refractivity contribution in [2.75, 3.05) is 36.8 Å². The van der Waals surface area contributed by atoms with Crippen molar-refractivity contribution in [2.24, 2.45) is 5.41 Å². The molecule has 9 heteroatoms. The molecule has 1 aromatic heterocycles. The Bertz CT molecular complexity index is 950. The molecule has 2 saturated heterocycles. The number of aromatic nitrogens is 2. The highest BCUT2D eigenvalue weighted by Crippen LogP contribution is 2.30. The third-order valence-corrected chi connectivity index (χ3v) is 5.80. The smallest absolute Gasteiger partial charge is 0.254 e. The van der Waals surface area contributed by atoms with Gasteiger partial charge in [-0.2, -0.15) is 4.98 Å². The molecule has 2 aromatic rings. The van der Waals surface area contributed by atoms with E-state index >= 15 is 0 Å². The van der Waals surface area contributed by atoms with Gasteiger partial charge in [0.15, 0.2) is 0 Å². The molecule has 2 aliphatic heterocycles. The van der Waals surface area contributed by atoms with E-state index in [9.17, 15) is 14.0 Å². The molecule has 8 nitrogen and oxygen atoms in total. The Labute approximate surface area is 167 Å². The molecule has 0 unspecified atom stereocenters. The van der Waals surface area contributed by atoms with Crippen LogP contribution < -0.4 is 26.8 Å². The number of carbonyl (C=O) groups is 1. The first-order valence-electron chi connectivity index (χ1n) is 9.82. The van der Waals surface area contributed by atoms with Gasteiger partial charge in [-0.1, -0.05) is 18.2 Å². The number of nitrogens with zero attached hydrogens (tertiary/aromatic N) is 2. The van der Waals surface area contributed by atoms with Crippen molar-refractivity contribution in [1.82, 2.24) is 20.6 Å². The van der Waals surface area contributed by atoms with Crippen LogP contribution in [0.25, 0.3) is 0 Å². The summed E-state index contributed by atoms with van der Waals surface area (Å²) in [5.74, 6) is 0.340. The summed E-state index contributed by atoms with van der Waals surface area (Å²) < 4.78 is 14.1. The predicted octanol–water partition coefficient (Wildman–Crippen LogP) is 0.409. The number of nitrogens with one attached hydrogen (secondary N) is 3. The highest BCUT2D eigenvalue weighted by molar-refractivity contribution is 5.85. The van der Waals surface area contributed by atoms with Gasteiger partial charge in [-0.05, 0) is 30.9 Å². The van der Waals surface area contributed by atoms with Gasteiger partial charge in [-0.25, -0.2) is 4.39 Å². The van der Waals surface area contributed by atoms with Crippen LogP contribution in [0.4, 0.5) is 16.2 Å². The van der Waals surface area contributed by atoms with E-state index < -0.39 is 5.41 Å². The minimum atomic E-state index is -0.609. The van der Waals surface area contributed by atoms with E-state index in [2.05, 4.69) is 20.6 Å². The second kappa shape index (κ2) is 7.82. The number of amides is 1. The summed E-state index contributed by atoms with van der Waals surface area (Å²) in [5.41, 5.74) is 5.30. The standard InChI is InChI=1S/C20H25FN6O2/c21-15-4-2-1-3-13(15)10-20(11-23-12-20)18(29)24-14-5-7-27(8-6-14)16-9-17(28)26-19(22)25-16/h1-4,9,14,23H,5-8,10-12H2,(H,24,29)(H3,22,25,26,28). The Balaban J connectivity index is 1.36. The molecule has 2 aliphatic rings. The first-order chi connectivity index (χ1) is 13.9. The molecule has 4 rings (SSSR count). The fourth-order valence-corrected chi connectivity index (χ4v) is 4.02. The normalized spacial score (nSPS) is 18.9. The lowest BCUT2D eigenvalue weighted by Crippen LogP contribution is -2.64. The molecule has 154 valence electrons. The van der Waals surface area contributed by atoms with Gasteiger partial charge < -0.3 is 21.3 Å². The van der Waals surface area contributed by atoms with Crippen LogP contribution >= 0.6 is 0 Å². The van der Waals surface area contributed by atoms with Crippen molar-refractivity contribution in [3.8, 4) is 0 Å². The molecular weight excluding hydrogens is 375 g/mol. The van der Waals surface area contributed by atoms with Crippen LogP contribution in [0.1, 0.15) is 18.4 Å². The summed E-state index contributed by atoms with van der Waals surface area (Å²) in [5, 5.41) is 6.31. The number of anilines is 2. The van der Waals surface area contributed by atoms with Crippen LogP contribution in [0.15, 0.2) is 35.1 Å². The molecule has 0 aliphatic carbocycles. The summed E-state index contributed by atoms with van der Waals surface area (Å²) in [7, 11) is 0. The van der Waals surface area contributed by atoms with Gasteiger partial charge in [0.05, 0.1) is 5.41 Å². The van der Waals surface area contributed by atoms with Gasteiger partial charge >= 0.3 is 0 Å². The van der Waals surface area contributed by atoms with Gasteiger partial charge in [-0.15, -0.1) is 0 Å². The van der Waals surface area contributed by atoms with E-state index in [0.717, 1.165) is 12.8 Å². The van der Waals surface area contributed by atoms with Crippen molar-refractivity contribution in [1.29, 1.82) is 0 Å². The molecule has 0 spiro atoms. The van der Waals surface area contributed by atoms with E-state index in [1.165, 1.54) is 12.1 Å². The molecule has 1 aromatic carbocycles. The number of hydrogen-bond donors (Lipinski definition) is 4. The molecule has 0 bridgehead atoms. The fraction of sp³-hybridized carbons (Fsp3) is 0.450. The van der Waals surface area contributed by atoms with Crippen molar-refractivity contribution in [3.63, 3.8) is 0 Å². The van der Waals surface area contributed by atoms with Crippen molar-refractivity contribution in [3.05, 3.63) is 52.1 Å².